The van der Waals surface area contributed by atoms with E-state index in [1.165, 1.54) is 30.3 Å². The van der Waals surface area contributed by atoms with Crippen LogP contribution in [0.25, 0.3) is 0 Å². The quantitative estimate of drug-likeness (QED) is 0.332. The molecular weight excluding hydrogens is 535 g/mol. The van der Waals surface area contributed by atoms with Crippen molar-refractivity contribution < 1.29 is 22.8 Å². The molecule has 11 heteroatoms. The Kier molecular flexibility index (Phi) is 6.75. The Hall–Kier alpha value is -2.45. The number of rotatable bonds is 5. The predicted octanol–water partition coefficient (Wildman–Crippen LogP) is 7.19. The minimum absolute atomic E-state index is 0.0185. The van der Waals surface area contributed by atoms with Crippen LogP contribution >= 0.6 is 46.4 Å². The fraction of sp³-hybridized carbons (Fsp3) is 0.130. The normalized spacial score (nSPS) is 18.3. The Balaban J connectivity index is 1.53. The first kappa shape index (κ1) is 24.7. The lowest BCUT2D eigenvalue weighted by Crippen LogP contribution is -2.18. The van der Waals surface area contributed by atoms with Crippen molar-refractivity contribution in [2.45, 2.75) is 10.3 Å². The molecule has 3 aromatic carbocycles. The van der Waals surface area contributed by atoms with Gasteiger partial charge < -0.3 is 10.6 Å². The van der Waals surface area contributed by atoms with E-state index in [2.05, 4.69) is 10.6 Å². The Morgan fingerprint density at radius 3 is 2.21 bits per heavy atom. The highest BCUT2D eigenvalue weighted by Gasteiger charge is 2.67. The molecule has 0 spiro atoms. The van der Waals surface area contributed by atoms with Crippen LogP contribution in [0.2, 0.25) is 10.0 Å². The van der Waals surface area contributed by atoms with E-state index in [0.717, 1.165) is 24.3 Å². The van der Waals surface area contributed by atoms with Crippen LogP contribution < -0.4 is 10.6 Å². The fourth-order valence-corrected chi connectivity index (χ4v) is 4.88. The number of halogens is 7. The van der Waals surface area contributed by atoms with Crippen LogP contribution in [0.4, 0.5) is 24.5 Å². The second-order valence-corrected chi connectivity index (χ2v) is 9.86. The third kappa shape index (κ3) is 4.84. The van der Waals surface area contributed by atoms with E-state index in [-0.39, 0.29) is 21.3 Å². The summed E-state index contributed by atoms with van der Waals surface area (Å²) >= 11 is 24.5. The Bertz CT molecular complexity index is 1280. The van der Waals surface area contributed by atoms with Gasteiger partial charge in [-0.25, -0.2) is 13.2 Å². The van der Waals surface area contributed by atoms with E-state index < -0.39 is 51.1 Å². The summed E-state index contributed by atoms with van der Waals surface area (Å²) in [5.41, 5.74) is -0.269. The molecule has 0 aliphatic heterocycles. The number of benzene rings is 3. The number of amides is 2. The van der Waals surface area contributed by atoms with Crippen molar-refractivity contribution >= 4 is 69.6 Å². The first-order chi connectivity index (χ1) is 16.0. The van der Waals surface area contributed by atoms with Gasteiger partial charge in [0, 0.05) is 16.6 Å². The molecule has 2 unspecified atom stereocenters. The lowest BCUT2D eigenvalue weighted by Gasteiger charge is -2.11. The molecule has 2 N–H and O–H groups in total. The van der Waals surface area contributed by atoms with E-state index in [9.17, 15) is 22.8 Å². The zero-order valence-corrected chi connectivity index (χ0v) is 19.8. The summed E-state index contributed by atoms with van der Waals surface area (Å²) < 4.78 is 40.0. The maximum absolute atomic E-state index is 13.9. The van der Waals surface area contributed by atoms with E-state index in [1.54, 1.807) is 0 Å². The van der Waals surface area contributed by atoms with Gasteiger partial charge in [0.05, 0.1) is 16.5 Å². The maximum Gasteiger partial charge on any atom is 0.257 e. The van der Waals surface area contributed by atoms with Gasteiger partial charge in [0.15, 0.2) is 0 Å². The van der Waals surface area contributed by atoms with Gasteiger partial charge >= 0.3 is 0 Å². The lowest BCUT2D eigenvalue weighted by atomic mass is 10.1. The Labute approximate surface area is 211 Å². The summed E-state index contributed by atoms with van der Waals surface area (Å²) in [6.07, 6.45) is 0. The summed E-state index contributed by atoms with van der Waals surface area (Å²) in [7, 11) is 0. The highest BCUT2D eigenvalue weighted by Crippen LogP contribution is 2.65. The third-order valence-electron chi connectivity index (χ3n) is 5.26. The van der Waals surface area contributed by atoms with Gasteiger partial charge in [-0.1, -0.05) is 29.3 Å². The van der Waals surface area contributed by atoms with Crippen LogP contribution in [-0.2, 0) is 4.79 Å². The molecule has 1 fully saturated rings. The van der Waals surface area contributed by atoms with Crippen LogP contribution in [0.5, 0.6) is 0 Å². The molecule has 0 heterocycles. The zero-order chi connectivity index (χ0) is 24.8. The number of alkyl halides is 2. The van der Waals surface area contributed by atoms with Gasteiger partial charge in [0.25, 0.3) is 5.91 Å². The van der Waals surface area contributed by atoms with Gasteiger partial charge in [-0.05, 0) is 54.1 Å². The fourth-order valence-electron chi connectivity index (χ4n) is 3.62. The van der Waals surface area contributed by atoms with Gasteiger partial charge in [0.1, 0.15) is 27.5 Å². The minimum atomic E-state index is -1.50. The number of hydrogen-bond acceptors (Lipinski definition) is 2. The highest BCUT2D eigenvalue weighted by molar-refractivity contribution is 6.53. The van der Waals surface area contributed by atoms with E-state index in [0.29, 0.717) is 5.56 Å². The van der Waals surface area contributed by atoms with Crippen molar-refractivity contribution in [1.82, 2.24) is 0 Å². The number of carbonyl (C=O) groups excluding carboxylic acids is 2. The molecule has 176 valence electrons. The van der Waals surface area contributed by atoms with Crippen molar-refractivity contribution in [1.29, 1.82) is 0 Å². The molecule has 3 aromatic rings. The summed E-state index contributed by atoms with van der Waals surface area (Å²) in [5.74, 6) is -5.68. The van der Waals surface area contributed by atoms with Crippen LogP contribution in [0.15, 0.2) is 54.6 Å². The van der Waals surface area contributed by atoms with Crippen molar-refractivity contribution in [3.05, 3.63) is 93.2 Å². The van der Waals surface area contributed by atoms with E-state index in [4.69, 9.17) is 46.4 Å². The number of anilines is 2. The molecule has 4 rings (SSSR count). The van der Waals surface area contributed by atoms with E-state index >= 15 is 0 Å². The van der Waals surface area contributed by atoms with Gasteiger partial charge in [-0.15, -0.1) is 23.2 Å². The average Bonchev–Trinajstić information content (AvgIpc) is 3.33. The van der Waals surface area contributed by atoms with Gasteiger partial charge in [-0.2, -0.15) is 0 Å². The van der Waals surface area contributed by atoms with E-state index in [1.807, 2.05) is 0 Å². The lowest BCUT2D eigenvalue weighted by molar-refractivity contribution is -0.117. The minimum Gasteiger partial charge on any atom is -0.326 e. The Morgan fingerprint density at radius 2 is 1.56 bits per heavy atom. The Morgan fingerprint density at radius 1 is 0.882 bits per heavy atom. The topological polar surface area (TPSA) is 58.2 Å². The van der Waals surface area contributed by atoms with Crippen LogP contribution in [0, 0.1) is 23.4 Å². The third-order valence-corrected chi connectivity index (χ3v) is 6.75. The molecule has 34 heavy (non-hydrogen) atoms. The molecule has 1 saturated carbocycles. The number of para-hydroxylation sites is 1. The monoisotopic (exact) mass is 546 g/mol. The number of nitrogens with one attached hydrogen (secondary N) is 2. The summed E-state index contributed by atoms with van der Waals surface area (Å²) in [4.78, 5) is 25.4. The summed E-state index contributed by atoms with van der Waals surface area (Å²) in [5, 5.41) is 4.81. The average molecular weight is 548 g/mol. The standard InChI is InChI=1S/C23H13Cl4F3N2O2/c24-11-6-10(7-12(28)8-11)18-19(23(18,26)27)22(34)31-13-4-5-15(25)14(9-13)21(33)32-20-16(29)2-1-3-17(20)30/h1-9,18-19H,(H,31,34)(H,32,33). The smallest absolute Gasteiger partial charge is 0.257 e. The maximum atomic E-state index is 13.9. The van der Waals surface area contributed by atoms with Crippen molar-refractivity contribution in [2.24, 2.45) is 5.92 Å². The number of hydrogen-bond donors (Lipinski definition) is 2. The molecule has 0 aromatic heterocycles. The van der Waals surface area contributed by atoms with Crippen LogP contribution in [-0.4, -0.2) is 16.1 Å². The van der Waals surface area contributed by atoms with Crippen molar-refractivity contribution in [3.63, 3.8) is 0 Å². The van der Waals surface area contributed by atoms with Crippen molar-refractivity contribution in [3.8, 4) is 0 Å². The first-order valence-corrected chi connectivity index (χ1v) is 11.2. The van der Waals surface area contributed by atoms with Gasteiger partial charge in [-0.3, -0.25) is 9.59 Å². The van der Waals surface area contributed by atoms with Gasteiger partial charge in [0.2, 0.25) is 5.91 Å². The second-order valence-electron chi connectivity index (χ2n) is 7.57. The second kappa shape index (κ2) is 9.30. The highest BCUT2D eigenvalue weighted by atomic mass is 35.5. The largest absolute Gasteiger partial charge is 0.326 e. The molecule has 1 aliphatic carbocycles. The molecule has 1 aliphatic rings. The molecule has 4 nitrogen and oxygen atoms in total. The molecule has 0 radical (unpaired) electrons. The predicted molar refractivity (Wildman–Crippen MR) is 126 cm³/mol. The van der Waals surface area contributed by atoms with Crippen molar-refractivity contribution in [2.75, 3.05) is 10.6 Å². The SMILES string of the molecule is O=C(Nc1c(F)cccc1F)c1cc(NC(=O)C2C(c3cc(F)cc(Cl)c3)C2(Cl)Cl)ccc1Cl. The molecule has 2 atom stereocenters. The molecular formula is C23H13Cl4F3N2O2. The first-order valence-electron chi connectivity index (χ1n) is 9.68. The number of carbonyl (C=O) groups is 2. The molecule has 0 bridgehead atoms. The molecule has 2 amide bonds. The summed E-state index contributed by atoms with van der Waals surface area (Å²) in [6, 6.07) is 10.9. The molecule has 0 saturated heterocycles. The zero-order valence-electron chi connectivity index (χ0n) is 16.8. The summed E-state index contributed by atoms with van der Waals surface area (Å²) in [6.45, 7) is 0. The van der Waals surface area contributed by atoms with Crippen LogP contribution in [0.3, 0.4) is 0 Å². The van der Waals surface area contributed by atoms with Crippen LogP contribution in [0.1, 0.15) is 21.8 Å².